The van der Waals surface area contributed by atoms with Gasteiger partial charge in [0.1, 0.15) is 6.54 Å². The lowest BCUT2D eigenvalue weighted by atomic mass is 10.1. The molecule has 0 aliphatic rings. The molecule has 1 heterocycles. The van der Waals surface area contributed by atoms with Crippen LogP contribution >= 0.6 is 0 Å². The van der Waals surface area contributed by atoms with Gasteiger partial charge in [0.2, 0.25) is 0 Å². The summed E-state index contributed by atoms with van der Waals surface area (Å²) in [5.41, 5.74) is 3.01. The minimum Gasteiger partial charge on any atom is -0.304 e. The Bertz CT molecular complexity index is 695. The highest BCUT2D eigenvalue weighted by Crippen LogP contribution is 2.25. The molecule has 2 aromatic rings. The molecule has 0 radical (unpaired) electrons. The molecule has 0 fully saturated rings. The van der Waals surface area contributed by atoms with Crippen LogP contribution in [-0.2, 0) is 6.54 Å². The van der Waals surface area contributed by atoms with Crippen LogP contribution in [0.4, 0.5) is 14.5 Å². The SMILES string of the molecule is Cc1ccc(C)c(N(C(=O)c2ccn(CC(F)F)n2)C(C)C)c1. The second-order valence-corrected chi connectivity index (χ2v) is 5.87. The zero-order valence-corrected chi connectivity index (χ0v) is 13.8. The van der Waals surface area contributed by atoms with Crippen LogP contribution in [0.1, 0.15) is 35.5 Å². The van der Waals surface area contributed by atoms with Gasteiger partial charge >= 0.3 is 0 Å². The van der Waals surface area contributed by atoms with E-state index in [1.165, 1.54) is 12.3 Å². The molecule has 0 spiro atoms. The smallest absolute Gasteiger partial charge is 0.279 e. The van der Waals surface area contributed by atoms with Gasteiger partial charge in [-0.15, -0.1) is 0 Å². The molecule has 2 rings (SSSR count). The molecule has 1 amide bonds. The maximum absolute atomic E-state index is 12.8. The van der Waals surface area contributed by atoms with Crippen molar-refractivity contribution in [3.05, 3.63) is 47.3 Å². The van der Waals surface area contributed by atoms with E-state index >= 15 is 0 Å². The first-order valence-corrected chi connectivity index (χ1v) is 7.52. The Labute approximate surface area is 134 Å². The molecular formula is C17H21F2N3O. The number of halogens is 2. The van der Waals surface area contributed by atoms with Crippen LogP contribution in [0.5, 0.6) is 0 Å². The van der Waals surface area contributed by atoms with Crippen LogP contribution in [-0.4, -0.2) is 28.2 Å². The fourth-order valence-corrected chi connectivity index (χ4v) is 2.44. The fourth-order valence-electron chi connectivity index (χ4n) is 2.44. The van der Waals surface area contributed by atoms with E-state index in [0.29, 0.717) is 0 Å². The van der Waals surface area contributed by atoms with E-state index < -0.39 is 13.0 Å². The quantitative estimate of drug-likeness (QED) is 0.839. The van der Waals surface area contributed by atoms with Crippen LogP contribution in [0.3, 0.4) is 0 Å². The van der Waals surface area contributed by atoms with Crippen molar-refractivity contribution in [1.29, 1.82) is 0 Å². The number of alkyl halides is 2. The Hall–Kier alpha value is -2.24. The normalized spacial score (nSPS) is 11.3. The Morgan fingerprint density at radius 3 is 2.57 bits per heavy atom. The summed E-state index contributed by atoms with van der Waals surface area (Å²) in [7, 11) is 0. The van der Waals surface area contributed by atoms with E-state index in [0.717, 1.165) is 21.5 Å². The molecule has 124 valence electrons. The van der Waals surface area contributed by atoms with Gasteiger partial charge in [-0.3, -0.25) is 9.48 Å². The highest BCUT2D eigenvalue weighted by molar-refractivity contribution is 6.05. The summed E-state index contributed by atoms with van der Waals surface area (Å²) < 4.78 is 25.9. The molecular weight excluding hydrogens is 300 g/mol. The first kappa shape index (κ1) is 17.1. The molecule has 4 nitrogen and oxygen atoms in total. The van der Waals surface area contributed by atoms with Crippen LogP contribution in [0.25, 0.3) is 0 Å². The predicted molar refractivity (Wildman–Crippen MR) is 86.1 cm³/mol. The Morgan fingerprint density at radius 2 is 1.96 bits per heavy atom. The second-order valence-electron chi connectivity index (χ2n) is 5.87. The molecule has 0 bridgehead atoms. The van der Waals surface area contributed by atoms with Crippen molar-refractivity contribution in [2.75, 3.05) is 4.90 Å². The van der Waals surface area contributed by atoms with E-state index in [9.17, 15) is 13.6 Å². The number of carbonyl (C=O) groups excluding carboxylic acids is 1. The van der Waals surface area contributed by atoms with Crippen molar-refractivity contribution < 1.29 is 13.6 Å². The summed E-state index contributed by atoms with van der Waals surface area (Å²) in [6.07, 6.45) is -1.10. The summed E-state index contributed by atoms with van der Waals surface area (Å²) in [6.45, 7) is 7.21. The number of aryl methyl sites for hydroxylation is 2. The molecule has 1 aromatic heterocycles. The maximum atomic E-state index is 12.8. The zero-order valence-electron chi connectivity index (χ0n) is 13.8. The Kier molecular flexibility index (Phi) is 5.13. The molecule has 0 unspecified atom stereocenters. The number of benzene rings is 1. The van der Waals surface area contributed by atoms with Crippen molar-refractivity contribution in [1.82, 2.24) is 9.78 Å². The molecule has 0 atom stereocenters. The number of amides is 1. The zero-order chi connectivity index (χ0) is 17.1. The van der Waals surface area contributed by atoms with Gasteiger partial charge in [0.15, 0.2) is 5.69 Å². The minimum atomic E-state index is -2.50. The molecule has 1 aromatic carbocycles. The topological polar surface area (TPSA) is 38.1 Å². The summed E-state index contributed by atoms with van der Waals surface area (Å²) in [5, 5.41) is 3.98. The Morgan fingerprint density at radius 1 is 1.26 bits per heavy atom. The molecule has 0 N–H and O–H groups in total. The first-order valence-electron chi connectivity index (χ1n) is 7.52. The maximum Gasteiger partial charge on any atom is 0.279 e. The second kappa shape index (κ2) is 6.89. The van der Waals surface area contributed by atoms with Crippen molar-refractivity contribution in [2.24, 2.45) is 0 Å². The van der Waals surface area contributed by atoms with Gasteiger partial charge in [0, 0.05) is 17.9 Å². The molecule has 0 saturated carbocycles. The van der Waals surface area contributed by atoms with Gasteiger partial charge in [-0.05, 0) is 51.0 Å². The number of anilines is 1. The number of nitrogens with zero attached hydrogens (tertiary/aromatic N) is 3. The van der Waals surface area contributed by atoms with E-state index in [1.54, 1.807) is 4.90 Å². The van der Waals surface area contributed by atoms with Gasteiger partial charge < -0.3 is 4.90 Å². The van der Waals surface area contributed by atoms with Gasteiger partial charge in [-0.25, -0.2) is 8.78 Å². The molecule has 6 heteroatoms. The van der Waals surface area contributed by atoms with Gasteiger partial charge in [0.05, 0.1) is 0 Å². The van der Waals surface area contributed by atoms with Crippen molar-refractivity contribution in [3.8, 4) is 0 Å². The minimum absolute atomic E-state index is 0.0803. The van der Waals surface area contributed by atoms with Gasteiger partial charge in [-0.2, -0.15) is 5.10 Å². The van der Waals surface area contributed by atoms with Gasteiger partial charge in [0.25, 0.3) is 12.3 Å². The largest absolute Gasteiger partial charge is 0.304 e. The molecule has 0 aliphatic carbocycles. The number of hydrogen-bond acceptors (Lipinski definition) is 2. The number of hydrogen-bond donors (Lipinski definition) is 0. The van der Waals surface area contributed by atoms with Crippen LogP contribution < -0.4 is 4.90 Å². The average Bonchev–Trinajstić information content (AvgIpc) is 2.90. The van der Waals surface area contributed by atoms with Gasteiger partial charge in [-0.1, -0.05) is 12.1 Å². The number of rotatable bonds is 5. The summed E-state index contributed by atoms with van der Waals surface area (Å²) in [6, 6.07) is 7.29. The number of aromatic nitrogens is 2. The lowest BCUT2D eigenvalue weighted by Gasteiger charge is -2.28. The third kappa shape index (κ3) is 3.94. The molecule has 0 aliphatic heterocycles. The predicted octanol–water partition coefficient (Wildman–Crippen LogP) is 3.82. The standard InChI is InChI=1S/C17H21F2N3O/c1-11(2)22(15-9-12(3)5-6-13(15)4)17(23)14-7-8-21(20-14)10-16(18)19/h5-9,11,16H,10H2,1-4H3. The highest BCUT2D eigenvalue weighted by atomic mass is 19.3. The van der Waals surface area contributed by atoms with E-state index in [1.807, 2.05) is 45.9 Å². The third-order valence-electron chi connectivity index (χ3n) is 3.54. The third-order valence-corrected chi connectivity index (χ3v) is 3.54. The van der Waals surface area contributed by atoms with Crippen molar-refractivity contribution >= 4 is 11.6 Å². The van der Waals surface area contributed by atoms with E-state index in [4.69, 9.17) is 0 Å². The lowest BCUT2D eigenvalue weighted by Crippen LogP contribution is -2.38. The summed E-state index contributed by atoms with van der Waals surface area (Å²) in [5.74, 6) is -0.290. The molecule has 0 saturated heterocycles. The monoisotopic (exact) mass is 321 g/mol. The fraction of sp³-hybridized carbons (Fsp3) is 0.412. The first-order chi connectivity index (χ1) is 10.8. The Balaban J connectivity index is 2.36. The summed E-state index contributed by atoms with van der Waals surface area (Å²) >= 11 is 0. The average molecular weight is 321 g/mol. The van der Waals surface area contributed by atoms with Crippen molar-refractivity contribution in [2.45, 2.75) is 46.7 Å². The summed E-state index contributed by atoms with van der Waals surface area (Å²) in [4.78, 5) is 14.5. The molecule has 23 heavy (non-hydrogen) atoms. The van der Waals surface area contributed by atoms with E-state index in [-0.39, 0.29) is 17.6 Å². The number of carbonyl (C=O) groups is 1. The lowest BCUT2D eigenvalue weighted by molar-refractivity contribution is 0.0969. The van der Waals surface area contributed by atoms with E-state index in [2.05, 4.69) is 5.10 Å². The van der Waals surface area contributed by atoms with Crippen LogP contribution in [0.2, 0.25) is 0 Å². The highest BCUT2D eigenvalue weighted by Gasteiger charge is 2.24. The van der Waals surface area contributed by atoms with Crippen LogP contribution in [0, 0.1) is 13.8 Å². The van der Waals surface area contributed by atoms with Crippen molar-refractivity contribution in [3.63, 3.8) is 0 Å². The van der Waals surface area contributed by atoms with Crippen LogP contribution in [0.15, 0.2) is 30.5 Å².